The Morgan fingerprint density at radius 2 is 1.74 bits per heavy atom. The Bertz CT molecular complexity index is 410. The number of benzene rings is 1. The molecule has 0 fully saturated rings. The van der Waals surface area contributed by atoms with E-state index in [9.17, 15) is 13.6 Å². The van der Waals surface area contributed by atoms with Crippen LogP contribution in [0.3, 0.4) is 0 Å². The molecule has 0 heterocycles. The Hall–Kier alpha value is -1.37. The smallest absolute Gasteiger partial charge is 0.188 e. The lowest BCUT2D eigenvalue weighted by Gasteiger charge is -2.05. The van der Waals surface area contributed by atoms with E-state index in [4.69, 9.17) is 14.2 Å². The van der Waals surface area contributed by atoms with E-state index in [1.54, 1.807) is 7.11 Å². The van der Waals surface area contributed by atoms with Crippen molar-refractivity contribution in [3.63, 3.8) is 0 Å². The van der Waals surface area contributed by atoms with Gasteiger partial charge in [-0.3, -0.25) is 4.79 Å². The van der Waals surface area contributed by atoms with Crippen molar-refractivity contribution >= 4 is 5.78 Å². The van der Waals surface area contributed by atoms with Crippen molar-refractivity contribution in [2.45, 2.75) is 0 Å². The van der Waals surface area contributed by atoms with Gasteiger partial charge in [-0.25, -0.2) is 8.78 Å². The van der Waals surface area contributed by atoms with Gasteiger partial charge in [0.1, 0.15) is 6.61 Å². The molecule has 6 heteroatoms. The summed E-state index contributed by atoms with van der Waals surface area (Å²) in [5.74, 6) is -2.44. The average molecular weight is 274 g/mol. The van der Waals surface area contributed by atoms with Crippen LogP contribution >= 0.6 is 0 Å². The van der Waals surface area contributed by atoms with Gasteiger partial charge in [-0.15, -0.1) is 0 Å². The first-order valence-corrected chi connectivity index (χ1v) is 5.78. The molecule has 0 aromatic heterocycles. The van der Waals surface area contributed by atoms with E-state index in [1.165, 1.54) is 6.07 Å². The molecule has 0 aliphatic heterocycles. The predicted molar refractivity (Wildman–Crippen MR) is 64.2 cm³/mol. The minimum atomic E-state index is -1.05. The highest BCUT2D eigenvalue weighted by Gasteiger charge is 2.09. The number of ketones is 1. The van der Waals surface area contributed by atoms with Gasteiger partial charge in [0.05, 0.1) is 26.4 Å². The van der Waals surface area contributed by atoms with Crippen LogP contribution in [0.5, 0.6) is 0 Å². The fourth-order valence-electron chi connectivity index (χ4n) is 1.28. The van der Waals surface area contributed by atoms with Crippen molar-refractivity contribution < 1.29 is 27.8 Å². The molecule has 0 aliphatic carbocycles. The number of hydrogen-bond donors (Lipinski definition) is 0. The maximum atomic E-state index is 12.9. The van der Waals surface area contributed by atoms with Gasteiger partial charge in [0.15, 0.2) is 17.4 Å². The molecule has 0 saturated carbocycles. The number of halogens is 2. The number of ether oxygens (including phenoxy) is 3. The zero-order valence-electron chi connectivity index (χ0n) is 10.7. The number of rotatable bonds is 9. The van der Waals surface area contributed by atoms with Crippen molar-refractivity contribution in [3.05, 3.63) is 35.4 Å². The van der Waals surface area contributed by atoms with E-state index in [0.29, 0.717) is 19.8 Å². The Balaban J connectivity index is 2.22. The van der Waals surface area contributed by atoms with E-state index in [2.05, 4.69) is 0 Å². The van der Waals surface area contributed by atoms with Gasteiger partial charge in [-0.05, 0) is 18.2 Å². The second-order valence-electron chi connectivity index (χ2n) is 3.71. The summed E-state index contributed by atoms with van der Waals surface area (Å²) in [6.07, 6.45) is 0. The van der Waals surface area contributed by atoms with E-state index in [-0.39, 0.29) is 18.8 Å². The largest absolute Gasteiger partial charge is 0.382 e. The normalized spacial score (nSPS) is 10.7. The molecule has 1 aromatic rings. The van der Waals surface area contributed by atoms with Crippen molar-refractivity contribution in [1.29, 1.82) is 0 Å². The highest BCUT2D eigenvalue weighted by Crippen LogP contribution is 2.09. The third-order valence-electron chi connectivity index (χ3n) is 2.28. The lowest BCUT2D eigenvalue weighted by molar-refractivity contribution is 0.0253. The number of carbonyl (C=O) groups excluding carboxylic acids is 1. The maximum Gasteiger partial charge on any atom is 0.188 e. The first-order chi connectivity index (χ1) is 9.15. The third kappa shape index (κ3) is 5.87. The molecule has 1 aromatic carbocycles. The molecule has 4 nitrogen and oxygen atoms in total. The van der Waals surface area contributed by atoms with Crippen LogP contribution in [-0.4, -0.2) is 45.9 Å². The SMILES string of the molecule is COCCOCCOCC(=O)c1ccc(F)c(F)c1. The first kappa shape index (κ1) is 15.7. The van der Waals surface area contributed by atoms with Crippen LogP contribution in [0.25, 0.3) is 0 Å². The molecule has 1 rings (SSSR count). The molecule has 0 amide bonds. The molecule has 0 atom stereocenters. The van der Waals surface area contributed by atoms with Gasteiger partial charge in [-0.2, -0.15) is 0 Å². The van der Waals surface area contributed by atoms with Crippen LogP contribution in [0.4, 0.5) is 8.78 Å². The average Bonchev–Trinajstić information content (AvgIpc) is 2.40. The second-order valence-corrected chi connectivity index (χ2v) is 3.71. The molecule has 0 aliphatic rings. The zero-order valence-corrected chi connectivity index (χ0v) is 10.7. The number of carbonyl (C=O) groups is 1. The molecule has 0 saturated heterocycles. The Labute approximate surface area is 110 Å². The molecule has 0 radical (unpaired) electrons. The lowest BCUT2D eigenvalue weighted by Crippen LogP contribution is -2.14. The van der Waals surface area contributed by atoms with Gasteiger partial charge in [0.25, 0.3) is 0 Å². The van der Waals surface area contributed by atoms with Crippen molar-refractivity contribution in [2.75, 3.05) is 40.1 Å². The topological polar surface area (TPSA) is 44.8 Å². The number of methoxy groups -OCH3 is 1. The third-order valence-corrected chi connectivity index (χ3v) is 2.28. The standard InChI is InChI=1S/C13H16F2O4/c1-17-4-5-18-6-7-19-9-13(16)10-2-3-11(14)12(15)8-10/h2-3,8H,4-7,9H2,1H3. The van der Waals surface area contributed by atoms with Crippen LogP contribution in [0.2, 0.25) is 0 Å². The Morgan fingerprint density at radius 1 is 1.05 bits per heavy atom. The van der Waals surface area contributed by atoms with Gasteiger partial charge in [-0.1, -0.05) is 0 Å². The highest BCUT2D eigenvalue weighted by molar-refractivity contribution is 5.97. The van der Waals surface area contributed by atoms with Gasteiger partial charge >= 0.3 is 0 Å². The van der Waals surface area contributed by atoms with Crippen LogP contribution in [0.15, 0.2) is 18.2 Å². The number of Topliss-reactive ketones (excluding diaryl/α,β-unsaturated/α-hetero) is 1. The van der Waals surface area contributed by atoms with Crippen LogP contribution < -0.4 is 0 Å². The molecule has 0 N–H and O–H groups in total. The fraction of sp³-hybridized carbons (Fsp3) is 0.462. The second kappa shape index (κ2) is 8.68. The van der Waals surface area contributed by atoms with Gasteiger partial charge in [0.2, 0.25) is 0 Å². The van der Waals surface area contributed by atoms with Crippen molar-refractivity contribution in [1.82, 2.24) is 0 Å². The van der Waals surface area contributed by atoms with Crippen LogP contribution in [0, 0.1) is 11.6 Å². The van der Waals surface area contributed by atoms with Gasteiger partial charge in [0, 0.05) is 12.7 Å². The minimum Gasteiger partial charge on any atom is -0.382 e. The molecule has 106 valence electrons. The minimum absolute atomic E-state index is 0.0826. The molecular weight excluding hydrogens is 258 g/mol. The quantitative estimate of drug-likeness (QED) is 0.509. The number of hydrogen-bond acceptors (Lipinski definition) is 4. The van der Waals surface area contributed by atoms with Crippen LogP contribution in [0.1, 0.15) is 10.4 Å². The maximum absolute atomic E-state index is 12.9. The van der Waals surface area contributed by atoms with E-state index in [0.717, 1.165) is 12.1 Å². The summed E-state index contributed by atoms with van der Waals surface area (Å²) in [4.78, 5) is 11.6. The summed E-state index contributed by atoms with van der Waals surface area (Å²) in [6.45, 7) is 1.34. The zero-order chi connectivity index (χ0) is 14.1. The highest BCUT2D eigenvalue weighted by atomic mass is 19.2. The molecule has 19 heavy (non-hydrogen) atoms. The monoisotopic (exact) mass is 274 g/mol. The molecule has 0 unspecified atom stereocenters. The predicted octanol–water partition coefficient (Wildman–Crippen LogP) is 1.83. The fourth-order valence-corrected chi connectivity index (χ4v) is 1.28. The molecule has 0 bridgehead atoms. The van der Waals surface area contributed by atoms with Crippen LogP contribution in [-0.2, 0) is 14.2 Å². The summed E-state index contributed by atoms with van der Waals surface area (Å²) >= 11 is 0. The first-order valence-electron chi connectivity index (χ1n) is 5.78. The van der Waals surface area contributed by atoms with E-state index >= 15 is 0 Å². The lowest BCUT2D eigenvalue weighted by atomic mass is 10.1. The summed E-state index contributed by atoms with van der Waals surface area (Å²) in [5.41, 5.74) is 0.0826. The van der Waals surface area contributed by atoms with Crippen molar-refractivity contribution in [3.8, 4) is 0 Å². The molecular formula is C13H16F2O4. The van der Waals surface area contributed by atoms with Crippen molar-refractivity contribution in [2.24, 2.45) is 0 Å². The molecule has 0 spiro atoms. The summed E-state index contributed by atoms with van der Waals surface area (Å²) in [7, 11) is 1.57. The van der Waals surface area contributed by atoms with E-state index in [1.807, 2.05) is 0 Å². The summed E-state index contributed by atoms with van der Waals surface area (Å²) in [5, 5.41) is 0. The summed E-state index contributed by atoms with van der Waals surface area (Å²) in [6, 6.07) is 2.99. The summed E-state index contributed by atoms with van der Waals surface area (Å²) < 4.78 is 40.5. The Kier molecular flexibility index (Phi) is 7.17. The Morgan fingerprint density at radius 3 is 2.42 bits per heavy atom. The van der Waals surface area contributed by atoms with E-state index < -0.39 is 17.4 Å². The van der Waals surface area contributed by atoms with Gasteiger partial charge < -0.3 is 14.2 Å².